The van der Waals surface area contributed by atoms with E-state index >= 15 is 0 Å². The number of hydrogen-bond acceptors (Lipinski definition) is 4. The first-order valence-electron chi connectivity index (χ1n) is 4.89. The summed E-state index contributed by atoms with van der Waals surface area (Å²) >= 11 is 0. The van der Waals surface area contributed by atoms with E-state index in [9.17, 15) is 10.1 Å². The molecule has 0 saturated carbocycles. The van der Waals surface area contributed by atoms with Gasteiger partial charge in [0.1, 0.15) is 5.69 Å². The molecule has 1 aliphatic heterocycles. The van der Waals surface area contributed by atoms with E-state index < -0.39 is 4.92 Å². The van der Waals surface area contributed by atoms with Crippen molar-refractivity contribution in [1.29, 1.82) is 0 Å². The third-order valence-corrected chi connectivity index (χ3v) is 2.30. The molecule has 85 valence electrons. The number of benzene rings is 1. The number of hydrogen-bond donors (Lipinski definition) is 0. The Kier molecular flexibility index (Phi) is 2.80. The van der Waals surface area contributed by atoms with Gasteiger partial charge in [0.15, 0.2) is 11.5 Å². The van der Waals surface area contributed by atoms with Gasteiger partial charge in [-0.05, 0) is 0 Å². The van der Waals surface area contributed by atoms with Crippen LogP contribution in [0.25, 0.3) is 0 Å². The topological polar surface area (TPSA) is 75.7 Å². The highest BCUT2D eigenvalue weighted by Crippen LogP contribution is 2.38. The average molecular weight is 223 g/mol. The quantitative estimate of drug-likeness (QED) is 0.564. The molecule has 0 saturated heterocycles. The maximum atomic E-state index is 10.8. The summed E-state index contributed by atoms with van der Waals surface area (Å²) in [6, 6.07) is 2.90. The molecule has 1 aromatic rings. The highest BCUT2D eigenvalue weighted by molar-refractivity contribution is 5.63. The number of fused-ring (bicyclic) bond motifs is 1. The van der Waals surface area contributed by atoms with Crippen LogP contribution < -0.4 is 14.8 Å². The predicted molar refractivity (Wildman–Crippen MR) is 56.4 cm³/mol. The van der Waals surface area contributed by atoms with Crippen LogP contribution in [0, 0.1) is 10.1 Å². The summed E-state index contributed by atoms with van der Waals surface area (Å²) in [5.41, 5.74) is 0.512. The molecule has 0 spiro atoms. The van der Waals surface area contributed by atoms with Crippen molar-refractivity contribution >= 4 is 11.4 Å². The Labute approximate surface area is 92.3 Å². The van der Waals surface area contributed by atoms with Crippen molar-refractivity contribution in [3.8, 4) is 11.5 Å². The maximum absolute atomic E-state index is 10.8. The van der Waals surface area contributed by atoms with Crippen LogP contribution in [-0.4, -0.2) is 25.2 Å². The SMILES string of the molecule is COc1cc2c(cc1[N+](=O)[O-])OCCC[N]2. The van der Waals surface area contributed by atoms with Gasteiger partial charge >= 0.3 is 5.69 Å². The van der Waals surface area contributed by atoms with Crippen molar-refractivity contribution in [1.82, 2.24) is 5.32 Å². The highest BCUT2D eigenvalue weighted by atomic mass is 16.6. The fourth-order valence-corrected chi connectivity index (χ4v) is 1.53. The first-order valence-corrected chi connectivity index (χ1v) is 4.89. The third-order valence-electron chi connectivity index (χ3n) is 2.30. The zero-order valence-corrected chi connectivity index (χ0v) is 8.80. The first kappa shape index (κ1) is 10.5. The van der Waals surface area contributed by atoms with Gasteiger partial charge in [-0.15, -0.1) is 0 Å². The number of nitrogens with zero attached hydrogens (tertiary/aromatic N) is 2. The number of nitro groups is 1. The Bertz CT molecular complexity index is 420. The monoisotopic (exact) mass is 223 g/mol. The zero-order valence-electron chi connectivity index (χ0n) is 8.80. The van der Waals surface area contributed by atoms with Gasteiger partial charge < -0.3 is 9.47 Å². The van der Waals surface area contributed by atoms with E-state index in [1.165, 1.54) is 13.2 Å². The fraction of sp³-hybridized carbons (Fsp3) is 0.400. The maximum Gasteiger partial charge on any atom is 0.314 e. The minimum atomic E-state index is -0.493. The molecule has 0 unspecified atom stereocenters. The van der Waals surface area contributed by atoms with Crippen LogP contribution in [0.1, 0.15) is 6.42 Å². The molecule has 0 amide bonds. The van der Waals surface area contributed by atoms with Crippen LogP contribution in [-0.2, 0) is 0 Å². The van der Waals surface area contributed by atoms with Crippen molar-refractivity contribution in [2.45, 2.75) is 6.42 Å². The van der Waals surface area contributed by atoms with Gasteiger partial charge in [-0.3, -0.25) is 15.4 Å². The van der Waals surface area contributed by atoms with E-state index in [0.717, 1.165) is 6.42 Å². The number of methoxy groups -OCH3 is 1. The Balaban J connectivity index is 2.48. The smallest absolute Gasteiger partial charge is 0.314 e. The van der Waals surface area contributed by atoms with E-state index in [1.54, 1.807) is 6.07 Å². The van der Waals surface area contributed by atoms with Crippen LogP contribution in [0.5, 0.6) is 11.5 Å². The lowest BCUT2D eigenvalue weighted by Crippen LogP contribution is -1.99. The standard InChI is InChI=1S/C10H11N2O4/c1-15-10-5-7-9(6-8(10)12(13)14)16-4-2-3-11-7/h5-6H,2-4H2,1H3. The lowest BCUT2D eigenvalue weighted by atomic mass is 10.2. The molecular weight excluding hydrogens is 212 g/mol. The lowest BCUT2D eigenvalue weighted by Gasteiger charge is -2.08. The second-order valence-corrected chi connectivity index (χ2v) is 3.33. The molecule has 0 fully saturated rings. The van der Waals surface area contributed by atoms with Crippen molar-refractivity contribution in [2.75, 3.05) is 20.3 Å². The summed E-state index contributed by atoms with van der Waals surface area (Å²) in [5, 5.41) is 15.1. The second kappa shape index (κ2) is 4.26. The predicted octanol–water partition coefficient (Wildman–Crippen LogP) is 1.62. The Morgan fingerprint density at radius 3 is 3.06 bits per heavy atom. The summed E-state index contributed by atoms with van der Waals surface area (Å²) in [6.07, 6.45) is 0.810. The molecule has 0 aromatic heterocycles. The van der Waals surface area contributed by atoms with Gasteiger partial charge in [0.05, 0.1) is 24.7 Å². The van der Waals surface area contributed by atoms with Crippen LogP contribution in [0.4, 0.5) is 11.4 Å². The van der Waals surface area contributed by atoms with Crippen LogP contribution in [0.3, 0.4) is 0 Å². The van der Waals surface area contributed by atoms with E-state index in [0.29, 0.717) is 24.6 Å². The number of rotatable bonds is 2. The Hall–Kier alpha value is -1.98. The van der Waals surface area contributed by atoms with Crippen molar-refractivity contribution in [3.05, 3.63) is 22.2 Å². The summed E-state index contributed by atoms with van der Waals surface area (Å²) in [7, 11) is 1.40. The van der Waals surface area contributed by atoms with Crippen LogP contribution in [0.2, 0.25) is 0 Å². The van der Waals surface area contributed by atoms with Gasteiger partial charge in [0, 0.05) is 19.0 Å². The molecule has 16 heavy (non-hydrogen) atoms. The zero-order chi connectivity index (χ0) is 11.5. The molecule has 6 heteroatoms. The molecule has 0 N–H and O–H groups in total. The first-order chi connectivity index (χ1) is 7.72. The molecule has 6 nitrogen and oxygen atoms in total. The normalized spacial score (nSPS) is 14.1. The third kappa shape index (κ3) is 1.86. The summed E-state index contributed by atoms with van der Waals surface area (Å²) in [5.74, 6) is 0.656. The molecule has 0 aliphatic carbocycles. The molecule has 0 bridgehead atoms. The molecule has 1 heterocycles. The largest absolute Gasteiger partial charge is 0.491 e. The molecule has 1 aliphatic rings. The van der Waals surface area contributed by atoms with E-state index in [1.807, 2.05) is 0 Å². The molecule has 1 aromatic carbocycles. The van der Waals surface area contributed by atoms with E-state index in [-0.39, 0.29) is 11.4 Å². The summed E-state index contributed by atoms with van der Waals surface area (Å²) < 4.78 is 10.3. The van der Waals surface area contributed by atoms with Gasteiger partial charge in [0.25, 0.3) is 0 Å². The van der Waals surface area contributed by atoms with Gasteiger partial charge in [0.2, 0.25) is 0 Å². The van der Waals surface area contributed by atoms with Gasteiger partial charge in [-0.1, -0.05) is 0 Å². The fourth-order valence-electron chi connectivity index (χ4n) is 1.53. The number of ether oxygens (including phenoxy) is 2. The highest BCUT2D eigenvalue weighted by Gasteiger charge is 2.21. The van der Waals surface area contributed by atoms with Crippen molar-refractivity contribution in [2.24, 2.45) is 0 Å². The lowest BCUT2D eigenvalue weighted by molar-refractivity contribution is -0.385. The van der Waals surface area contributed by atoms with Gasteiger partial charge in [-0.25, -0.2) is 0 Å². The minimum Gasteiger partial charge on any atom is -0.491 e. The molecular formula is C10H11N2O4. The summed E-state index contributed by atoms with van der Waals surface area (Å²) in [6.45, 7) is 1.19. The minimum absolute atomic E-state index is 0.0987. The van der Waals surface area contributed by atoms with E-state index in [4.69, 9.17) is 9.47 Å². The van der Waals surface area contributed by atoms with Crippen molar-refractivity contribution in [3.63, 3.8) is 0 Å². The van der Waals surface area contributed by atoms with Crippen molar-refractivity contribution < 1.29 is 14.4 Å². The van der Waals surface area contributed by atoms with Gasteiger partial charge in [-0.2, -0.15) is 0 Å². The summed E-state index contributed by atoms with van der Waals surface area (Å²) in [4.78, 5) is 10.3. The second-order valence-electron chi connectivity index (χ2n) is 3.33. The Morgan fingerprint density at radius 1 is 1.56 bits per heavy atom. The average Bonchev–Trinajstić information content (AvgIpc) is 2.51. The Morgan fingerprint density at radius 2 is 2.38 bits per heavy atom. The molecule has 0 atom stereocenters. The molecule has 2 rings (SSSR count). The van der Waals surface area contributed by atoms with Crippen LogP contribution in [0.15, 0.2) is 12.1 Å². The van der Waals surface area contributed by atoms with Crippen LogP contribution >= 0.6 is 0 Å². The number of nitro benzene ring substituents is 1. The van der Waals surface area contributed by atoms with E-state index in [2.05, 4.69) is 5.32 Å². The molecule has 1 radical (unpaired) electrons.